The fraction of sp³-hybridized carbons (Fsp3) is 0.488. The molecule has 5 aromatic rings. The molecule has 1 aliphatic carbocycles. The highest BCUT2D eigenvalue weighted by molar-refractivity contribution is 6.08. The summed E-state index contributed by atoms with van der Waals surface area (Å²) in [6, 6.07) is 6.80. The maximum atomic E-state index is 14.2. The van der Waals surface area contributed by atoms with Gasteiger partial charge >= 0.3 is 5.69 Å². The molecule has 4 fully saturated rings. The summed E-state index contributed by atoms with van der Waals surface area (Å²) in [6.45, 7) is 3.02. The van der Waals surface area contributed by atoms with Gasteiger partial charge in [-0.05, 0) is 88.2 Å². The Morgan fingerprint density at radius 3 is 2.69 bits per heavy atom. The van der Waals surface area contributed by atoms with Gasteiger partial charge in [0.25, 0.3) is 12.3 Å². The average molecular weight is 810 g/mol. The number of piperidine rings is 1. The quantitative estimate of drug-likeness (QED) is 0.101. The Bertz CT molecular complexity index is 2560. The van der Waals surface area contributed by atoms with Crippen LogP contribution < -0.4 is 26.5 Å². The maximum Gasteiger partial charge on any atom is 0.329 e. The van der Waals surface area contributed by atoms with Crippen LogP contribution in [0.15, 0.2) is 47.7 Å². The molecule has 3 aliphatic heterocycles. The van der Waals surface area contributed by atoms with Gasteiger partial charge < -0.3 is 20.3 Å². The van der Waals surface area contributed by atoms with Crippen LogP contribution in [0.25, 0.3) is 16.7 Å². The summed E-state index contributed by atoms with van der Waals surface area (Å²) in [5, 5.41) is 17.0. The van der Waals surface area contributed by atoms with Gasteiger partial charge in [0.2, 0.25) is 11.8 Å². The highest BCUT2D eigenvalue weighted by atomic mass is 19.3. The number of hydrogen-bond donors (Lipinski definition) is 3. The molecule has 59 heavy (non-hydrogen) atoms. The van der Waals surface area contributed by atoms with Gasteiger partial charge in [0, 0.05) is 44.4 Å². The predicted molar refractivity (Wildman–Crippen MR) is 212 cm³/mol. The molecular formula is C41H45F2N11O5. The summed E-state index contributed by atoms with van der Waals surface area (Å²) >= 11 is 0. The molecule has 3 atom stereocenters. The summed E-state index contributed by atoms with van der Waals surface area (Å²) in [7, 11) is 1.66. The molecule has 7 heterocycles. The van der Waals surface area contributed by atoms with Crippen LogP contribution in [0.4, 0.5) is 20.3 Å². The number of imidazole rings is 1. The van der Waals surface area contributed by atoms with Crippen molar-refractivity contribution in [3.63, 3.8) is 0 Å². The molecule has 1 saturated carbocycles. The summed E-state index contributed by atoms with van der Waals surface area (Å²) in [4.78, 5) is 57.5. The topological polar surface area (TPSA) is 175 Å². The number of benzene rings is 1. The number of aryl methyl sites for hydroxylation is 1. The smallest absolute Gasteiger partial charge is 0.329 e. The Kier molecular flexibility index (Phi) is 10.5. The van der Waals surface area contributed by atoms with Crippen LogP contribution in [-0.4, -0.2) is 89.6 Å². The number of imide groups is 1. The molecule has 9 rings (SSSR count). The van der Waals surface area contributed by atoms with E-state index in [1.807, 2.05) is 18.2 Å². The minimum absolute atomic E-state index is 0.0172. The lowest BCUT2D eigenvalue weighted by Crippen LogP contribution is -2.44. The van der Waals surface area contributed by atoms with Crippen molar-refractivity contribution in [1.29, 1.82) is 0 Å². The summed E-state index contributed by atoms with van der Waals surface area (Å²) in [6.07, 6.45) is 8.33. The van der Waals surface area contributed by atoms with E-state index in [1.54, 1.807) is 24.0 Å². The SMILES string of the molecule is Cn1c(=O)n(C2CCC(=O)NC2=O)c2ccc(C#CCCCNCC3CCC(n4cc(NC(=O)c5cnn6ccc(N7CC8CC7CO8)nc56)c(C(F)F)n4)CC3)cc21. The van der Waals surface area contributed by atoms with Gasteiger partial charge in [0.1, 0.15) is 17.4 Å². The van der Waals surface area contributed by atoms with E-state index < -0.39 is 30.0 Å². The number of aromatic nitrogens is 7. The van der Waals surface area contributed by atoms with Crippen LogP contribution in [0.2, 0.25) is 0 Å². The first-order valence-electron chi connectivity index (χ1n) is 20.3. The standard InChI is InChI=1S/C41H45F2N11O5/c1-50-33-17-24(8-11-31(33)54(41(50)58)32-12-13-35(55)48-40(32)57)5-3-2-4-15-44-19-25-6-9-26(10-7-25)53-22-30(36(49-53)37(42)43)46-39(56)29-20-45-52-16-14-34(47-38(29)52)51-21-28-18-27(51)23-59-28/h8,11,14,16-17,20,22,25-28,32,37,44H,2,4,6-7,9-10,12-13,15,18-19,21,23H2,1H3,(H,46,56)(H,48,55,57). The molecule has 308 valence electrons. The number of nitrogens with one attached hydrogen (secondary N) is 3. The number of ether oxygens (including phenoxy) is 1. The van der Waals surface area contributed by atoms with Gasteiger partial charge in [0.05, 0.1) is 47.7 Å². The maximum absolute atomic E-state index is 14.2. The second-order valence-electron chi connectivity index (χ2n) is 15.9. The minimum atomic E-state index is -2.86. The Labute approximate surface area is 337 Å². The predicted octanol–water partition coefficient (Wildman–Crippen LogP) is 3.88. The molecule has 1 aromatic carbocycles. The summed E-state index contributed by atoms with van der Waals surface area (Å²) < 4.78 is 40.2. The third kappa shape index (κ3) is 7.60. The van der Waals surface area contributed by atoms with Crippen molar-refractivity contribution in [3.8, 4) is 11.8 Å². The van der Waals surface area contributed by atoms with Crippen molar-refractivity contribution in [1.82, 2.24) is 44.1 Å². The fourth-order valence-electron chi connectivity index (χ4n) is 8.96. The second kappa shape index (κ2) is 16.0. The zero-order valence-electron chi connectivity index (χ0n) is 32.6. The summed E-state index contributed by atoms with van der Waals surface area (Å²) in [5.74, 6) is 6.20. The van der Waals surface area contributed by atoms with Crippen LogP contribution in [0.5, 0.6) is 0 Å². The first-order chi connectivity index (χ1) is 28.6. The Morgan fingerprint density at radius 1 is 1.08 bits per heavy atom. The van der Waals surface area contributed by atoms with E-state index in [9.17, 15) is 28.0 Å². The largest absolute Gasteiger partial charge is 0.374 e. The molecular weight excluding hydrogens is 765 g/mol. The number of carbonyl (C=O) groups is 3. The normalized spacial score (nSPS) is 23.0. The van der Waals surface area contributed by atoms with Crippen LogP contribution in [0, 0.1) is 17.8 Å². The molecule has 2 bridgehead atoms. The number of carbonyl (C=O) groups excluding carboxylic acids is 3. The highest BCUT2D eigenvalue weighted by Crippen LogP contribution is 2.35. The lowest BCUT2D eigenvalue weighted by atomic mass is 9.86. The first kappa shape index (κ1) is 38.6. The lowest BCUT2D eigenvalue weighted by molar-refractivity contribution is -0.135. The highest BCUT2D eigenvalue weighted by Gasteiger charge is 2.40. The zero-order chi connectivity index (χ0) is 40.8. The molecule has 18 heteroatoms. The first-order valence-corrected chi connectivity index (χ1v) is 20.3. The van der Waals surface area contributed by atoms with E-state index in [2.05, 4.69) is 42.9 Å². The molecule has 4 aromatic heterocycles. The third-order valence-electron chi connectivity index (χ3n) is 12.1. The van der Waals surface area contributed by atoms with Crippen LogP contribution in [0.3, 0.4) is 0 Å². The Balaban J connectivity index is 0.744. The number of amides is 3. The van der Waals surface area contributed by atoms with Crippen molar-refractivity contribution in [3.05, 3.63) is 70.2 Å². The van der Waals surface area contributed by atoms with Crippen molar-refractivity contribution >= 4 is 45.9 Å². The lowest BCUT2D eigenvalue weighted by Gasteiger charge is -2.28. The van der Waals surface area contributed by atoms with Gasteiger partial charge in [-0.3, -0.25) is 33.5 Å². The zero-order valence-corrected chi connectivity index (χ0v) is 32.6. The molecule has 3 saturated heterocycles. The van der Waals surface area contributed by atoms with Crippen LogP contribution in [-0.2, 0) is 21.4 Å². The van der Waals surface area contributed by atoms with Gasteiger partial charge in [-0.1, -0.05) is 11.8 Å². The Morgan fingerprint density at radius 2 is 1.93 bits per heavy atom. The number of anilines is 2. The second-order valence-corrected chi connectivity index (χ2v) is 15.9. The van der Waals surface area contributed by atoms with Crippen molar-refractivity contribution in [2.24, 2.45) is 13.0 Å². The monoisotopic (exact) mass is 809 g/mol. The molecule has 3 unspecified atom stereocenters. The number of halogens is 2. The molecule has 3 N–H and O–H groups in total. The third-order valence-corrected chi connectivity index (χ3v) is 12.1. The number of hydrogen-bond acceptors (Lipinski definition) is 10. The van der Waals surface area contributed by atoms with Crippen LogP contribution >= 0.6 is 0 Å². The van der Waals surface area contributed by atoms with Gasteiger partial charge in [0.15, 0.2) is 11.3 Å². The number of alkyl halides is 2. The fourth-order valence-corrected chi connectivity index (χ4v) is 8.96. The molecule has 0 radical (unpaired) electrons. The van der Waals surface area contributed by atoms with Crippen LogP contribution in [0.1, 0.15) is 97.9 Å². The number of rotatable bonds is 11. The van der Waals surface area contributed by atoms with E-state index in [1.165, 1.54) is 26.0 Å². The van der Waals surface area contributed by atoms with E-state index >= 15 is 0 Å². The van der Waals surface area contributed by atoms with E-state index in [0.717, 1.165) is 69.5 Å². The van der Waals surface area contributed by atoms with Crippen molar-refractivity contribution < 1.29 is 27.9 Å². The van der Waals surface area contributed by atoms with E-state index in [0.29, 0.717) is 35.6 Å². The van der Waals surface area contributed by atoms with E-state index in [-0.39, 0.29) is 53.9 Å². The number of nitrogens with zero attached hydrogens (tertiary/aromatic N) is 8. The molecule has 0 spiro atoms. The number of unbranched alkanes of at least 4 members (excludes halogenated alkanes) is 1. The average Bonchev–Trinajstić information content (AvgIpc) is 4.08. The van der Waals surface area contributed by atoms with Gasteiger partial charge in [-0.15, -0.1) is 0 Å². The molecule has 16 nitrogen and oxygen atoms in total. The van der Waals surface area contributed by atoms with Crippen molar-refractivity contribution in [2.75, 3.05) is 36.5 Å². The summed E-state index contributed by atoms with van der Waals surface area (Å²) in [5.41, 5.74) is 1.81. The van der Waals surface area contributed by atoms with E-state index in [4.69, 9.17) is 9.72 Å². The molecule has 3 amide bonds. The Hall–Kier alpha value is -5.93. The van der Waals surface area contributed by atoms with Crippen molar-refractivity contribution in [2.45, 2.75) is 88.4 Å². The molecule has 4 aliphatic rings. The minimum Gasteiger partial charge on any atom is -0.374 e. The van der Waals surface area contributed by atoms with Gasteiger partial charge in [-0.25, -0.2) is 23.1 Å². The number of fused-ring (bicyclic) bond motifs is 4. The van der Waals surface area contributed by atoms with Gasteiger partial charge in [-0.2, -0.15) is 10.2 Å². The number of morpholine rings is 1.